The van der Waals surface area contributed by atoms with Crippen LogP contribution in [-0.4, -0.2) is 55.4 Å². The summed E-state index contributed by atoms with van der Waals surface area (Å²) in [5.74, 6) is 0.807. The number of β-amino-alcohol motifs (C(OH)–C–C–N with tert-alkyl or cyclic N) is 1. The average Bonchev–Trinajstić information content (AvgIpc) is 2.64. The molecule has 134 valence electrons. The minimum Gasteiger partial charge on any atom is -0.491 e. The number of aliphatic hydroxyl groups excluding tert-OH is 1. The predicted octanol–water partition coefficient (Wildman–Crippen LogP) is 2.87. The summed E-state index contributed by atoms with van der Waals surface area (Å²) in [6.45, 7) is 9.28. The number of anilines is 1. The molecule has 1 N–H and O–H groups in total. The van der Waals surface area contributed by atoms with E-state index < -0.39 is 6.10 Å². The molecule has 2 aromatic rings. The van der Waals surface area contributed by atoms with E-state index in [2.05, 4.69) is 41.8 Å². The van der Waals surface area contributed by atoms with Crippen LogP contribution in [0.1, 0.15) is 11.1 Å². The summed E-state index contributed by atoms with van der Waals surface area (Å²) in [7, 11) is 0. The van der Waals surface area contributed by atoms with Gasteiger partial charge in [0.1, 0.15) is 18.5 Å². The third kappa shape index (κ3) is 4.74. The highest BCUT2D eigenvalue weighted by molar-refractivity contribution is 5.56. The highest BCUT2D eigenvalue weighted by atomic mass is 16.5. The zero-order valence-electron chi connectivity index (χ0n) is 15.2. The first kappa shape index (κ1) is 17.8. The summed E-state index contributed by atoms with van der Waals surface area (Å²) in [6, 6.07) is 16.2. The Labute approximate surface area is 150 Å². The lowest BCUT2D eigenvalue weighted by Crippen LogP contribution is -2.49. The van der Waals surface area contributed by atoms with Crippen LogP contribution in [-0.2, 0) is 0 Å². The van der Waals surface area contributed by atoms with Gasteiger partial charge in [-0.05, 0) is 43.2 Å². The molecule has 2 aromatic carbocycles. The van der Waals surface area contributed by atoms with Gasteiger partial charge in [-0.2, -0.15) is 0 Å². The molecule has 3 rings (SSSR count). The lowest BCUT2D eigenvalue weighted by Gasteiger charge is -2.37. The lowest BCUT2D eigenvalue weighted by molar-refractivity contribution is 0.0663. The van der Waals surface area contributed by atoms with Crippen LogP contribution in [0.2, 0.25) is 0 Å². The molecule has 25 heavy (non-hydrogen) atoms. The Bertz CT molecular complexity index is 667. The molecule has 1 saturated heterocycles. The number of para-hydroxylation sites is 1. The SMILES string of the molecule is Cc1cccc(N2CCN(CC(O)COc3ccccc3)CC2)c1C. The Balaban J connectivity index is 1.45. The Kier molecular flexibility index (Phi) is 5.95. The van der Waals surface area contributed by atoms with Gasteiger partial charge in [-0.15, -0.1) is 0 Å². The molecule has 1 atom stereocenters. The molecule has 0 aromatic heterocycles. The topological polar surface area (TPSA) is 35.9 Å². The van der Waals surface area contributed by atoms with Crippen LogP contribution >= 0.6 is 0 Å². The van der Waals surface area contributed by atoms with Crippen molar-refractivity contribution in [1.82, 2.24) is 4.90 Å². The second kappa shape index (κ2) is 8.37. The first-order chi connectivity index (χ1) is 12.1. The summed E-state index contributed by atoms with van der Waals surface area (Å²) < 4.78 is 5.64. The molecule has 0 bridgehead atoms. The average molecular weight is 340 g/mol. The second-order valence-electron chi connectivity index (χ2n) is 6.78. The maximum Gasteiger partial charge on any atom is 0.119 e. The van der Waals surface area contributed by atoms with Crippen molar-refractivity contribution < 1.29 is 9.84 Å². The van der Waals surface area contributed by atoms with Gasteiger partial charge in [0.05, 0.1) is 0 Å². The molecule has 0 aliphatic carbocycles. The summed E-state index contributed by atoms with van der Waals surface area (Å²) in [5, 5.41) is 10.2. The van der Waals surface area contributed by atoms with E-state index in [4.69, 9.17) is 4.74 Å². The third-order valence-electron chi connectivity index (χ3n) is 4.94. The second-order valence-corrected chi connectivity index (χ2v) is 6.78. The maximum absolute atomic E-state index is 10.2. The molecular formula is C21H28N2O2. The standard InChI is InChI=1S/C21H28N2O2/c1-17-7-6-10-21(18(17)2)23-13-11-22(12-14-23)15-19(24)16-25-20-8-4-3-5-9-20/h3-10,19,24H,11-16H2,1-2H3. The van der Waals surface area contributed by atoms with E-state index in [9.17, 15) is 5.11 Å². The Morgan fingerprint density at radius 2 is 1.68 bits per heavy atom. The van der Waals surface area contributed by atoms with Crippen molar-refractivity contribution in [3.8, 4) is 5.75 Å². The normalized spacial score (nSPS) is 16.7. The number of aryl methyl sites for hydroxylation is 1. The van der Waals surface area contributed by atoms with Crippen LogP contribution in [0, 0.1) is 13.8 Å². The molecule has 1 heterocycles. The fourth-order valence-electron chi connectivity index (χ4n) is 3.31. The van der Waals surface area contributed by atoms with Gasteiger partial charge in [-0.1, -0.05) is 30.3 Å². The minimum atomic E-state index is -0.465. The smallest absolute Gasteiger partial charge is 0.119 e. The van der Waals surface area contributed by atoms with E-state index in [1.807, 2.05) is 30.3 Å². The van der Waals surface area contributed by atoms with Gasteiger partial charge in [0, 0.05) is 38.4 Å². The Morgan fingerprint density at radius 3 is 2.40 bits per heavy atom. The van der Waals surface area contributed by atoms with Crippen LogP contribution in [0.3, 0.4) is 0 Å². The van der Waals surface area contributed by atoms with Crippen LogP contribution in [0.4, 0.5) is 5.69 Å². The van der Waals surface area contributed by atoms with Crippen molar-refractivity contribution >= 4 is 5.69 Å². The zero-order valence-corrected chi connectivity index (χ0v) is 15.2. The van der Waals surface area contributed by atoms with Gasteiger partial charge >= 0.3 is 0 Å². The Morgan fingerprint density at radius 1 is 0.960 bits per heavy atom. The molecule has 1 aliphatic heterocycles. The van der Waals surface area contributed by atoms with Gasteiger partial charge in [0.2, 0.25) is 0 Å². The van der Waals surface area contributed by atoms with Crippen molar-refractivity contribution in [1.29, 1.82) is 0 Å². The summed E-state index contributed by atoms with van der Waals surface area (Å²) in [4.78, 5) is 4.77. The summed E-state index contributed by atoms with van der Waals surface area (Å²) >= 11 is 0. The molecule has 4 nitrogen and oxygen atoms in total. The highest BCUT2D eigenvalue weighted by Gasteiger charge is 2.20. The zero-order chi connectivity index (χ0) is 17.6. The van der Waals surface area contributed by atoms with Gasteiger partial charge in [0.25, 0.3) is 0 Å². The fraction of sp³-hybridized carbons (Fsp3) is 0.429. The summed E-state index contributed by atoms with van der Waals surface area (Å²) in [6.07, 6.45) is -0.465. The van der Waals surface area contributed by atoms with E-state index in [-0.39, 0.29) is 0 Å². The van der Waals surface area contributed by atoms with E-state index in [0.717, 1.165) is 31.9 Å². The number of hydrogen-bond acceptors (Lipinski definition) is 4. The summed E-state index contributed by atoms with van der Waals surface area (Å²) in [5.41, 5.74) is 4.05. The number of nitrogens with zero attached hydrogens (tertiary/aromatic N) is 2. The van der Waals surface area contributed by atoms with E-state index >= 15 is 0 Å². The number of hydrogen-bond donors (Lipinski definition) is 1. The largest absolute Gasteiger partial charge is 0.491 e. The van der Waals surface area contributed by atoms with Gasteiger partial charge in [-0.25, -0.2) is 0 Å². The Hall–Kier alpha value is -2.04. The van der Waals surface area contributed by atoms with E-state index in [1.165, 1.54) is 16.8 Å². The predicted molar refractivity (Wildman–Crippen MR) is 103 cm³/mol. The monoisotopic (exact) mass is 340 g/mol. The van der Waals surface area contributed by atoms with E-state index in [0.29, 0.717) is 13.2 Å². The van der Waals surface area contributed by atoms with Gasteiger partial charge in [-0.3, -0.25) is 4.90 Å². The number of rotatable bonds is 6. The van der Waals surface area contributed by atoms with E-state index in [1.54, 1.807) is 0 Å². The maximum atomic E-state index is 10.2. The number of benzene rings is 2. The molecule has 0 amide bonds. The van der Waals surface area contributed by atoms with Crippen LogP contribution in [0.25, 0.3) is 0 Å². The van der Waals surface area contributed by atoms with Crippen molar-refractivity contribution in [2.24, 2.45) is 0 Å². The fourth-order valence-corrected chi connectivity index (χ4v) is 3.31. The first-order valence-electron chi connectivity index (χ1n) is 9.03. The van der Waals surface area contributed by atoms with Crippen LogP contribution in [0.15, 0.2) is 48.5 Å². The quantitative estimate of drug-likeness (QED) is 0.877. The number of piperazine rings is 1. The van der Waals surface area contributed by atoms with Crippen molar-refractivity contribution in [3.63, 3.8) is 0 Å². The van der Waals surface area contributed by atoms with Crippen molar-refractivity contribution in [2.45, 2.75) is 20.0 Å². The molecule has 0 saturated carbocycles. The minimum absolute atomic E-state index is 0.335. The molecule has 0 radical (unpaired) electrons. The first-order valence-corrected chi connectivity index (χ1v) is 9.03. The molecule has 1 unspecified atom stereocenters. The van der Waals surface area contributed by atoms with Gasteiger partial charge < -0.3 is 14.7 Å². The van der Waals surface area contributed by atoms with Crippen molar-refractivity contribution in [3.05, 3.63) is 59.7 Å². The molecular weight excluding hydrogens is 312 g/mol. The number of aliphatic hydroxyl groups is 1. The molecule has 1 aliphatic rings. The third-order valence-corrected chi connectivity index (χ3v) is 4.94. The van der Waals surface area contributed by atoms with Crippen LogP contribution in [0.5, 0.6) is 5.75 Å². The molecule has 1 fully saturated rings. The van der Waals surface area contributed by atoms with Gasteiger partial charge in [0.15, 0.2) is 0 Å². The molecule has 0 spiro atoms. The number of ether oxygens (including phenoxy) is 1. The van der Waals surface area contributed by atoms with Crippen LogP contribution < -0.4 is 9.64 Å². The van der Waals surface area contributed by atoms with Crippen molar-refractivity contribution in [2.75, 3.05) is 44.2 Å². The highest BCUT2D eigenvalue weighted by Crippen LogP contribution is 2.23. The lowest BCUT2D eigenvalue weighted by atomic mass is 10.1. The molecule has 4 heteroatoms.